The summed E-state index contributed by atoms with van der Waals surface area (Å²) in [6, 6.07) is 2.04. The maximum atomic E-state index is 12.2. The molecule has 2 N–H and O–H groups in total. The Morgan fingerprint density at radius 2 is 1.96 bits per heavy atom. The third kappa shape index (κ3) is 5.51. The second-order valence-electron chi connectivity index (χ2n) is 5.80. The van der Waals surface area contributed by atoms with E-state index in [9.17, 15) is 9.59 Å². The van der Waals surface area contributed by atoms with Crippen LogP contribution in [0.2, 0.25) is 0 Å². The SMILES string of the molecule is CCCNC(=O)CN1CCN(C(=O)NCc2sccc2C)CC1. The fourth-order valence-corrected chi connectivity index (χ4v) is 3.33. The van der Waals surface area contributed by atoms with Crippen molar-refractivity contribution in [2.24, 2.45) is 0 Å². The Hall–Kier alpha value is -1.60. The van der Waals surface area contributed by atoms with Gasteiger partial charge in [-0.2, -0.15) is 0 Å². The Morgan fingerprint density at radius 3 is 2.57 bits per heavy atom. The molecule has 0 saturated carbocycles. The number of nitrogens with zero attached hydrogens (tertiary/aromatic N) is 2. The average Bonchev–Trinajstić information content (AvgIpc) is 2.96. The lowest BCUT2D eigenvalue weighted by Gasteiger charge is -2.34. The van der Waals surface area contributed by atoms with Crippen molar-refractivity contribution < 1.29 is 9.59 Å². The number of urea groups is 1. The van der Waals surface area contributed by atoms with Crippen molar-refractivity contribution in [3.05, 3.63) is 21.9 Å². The van der Waals surface area contributed by atoms with Crippen molar-refractivity contribution in [3.8, 4) is 0 Å². The average molecular weight is 338 g/mol. The Morgan fingerprint density at radius 1 is 1.22 bits per heavy atom. The molecule has 3 amide bonds. The molecule has 1 fully saturated rings. The van der Waals surface area contributed by atoms with Crippen molar-refractivity contribution >= 4 is 23.3 Å². The van der Waals surface area contributed by atoms with E-state index in [1.807, 2.05) is 17.2 Å². The highest BCUT2D eigenvalue weighted by atomic mass is 32.1. The number of nitrogens with one attached hydrogen (secondary N) is 2. The minimum Gasteiger partial charge on any atom is -0.355 e. The summed E-state index contributed by atoms with van der Waals surface area (Å²) in [4.78, 5) is 29.0. The van der Waals surface area contributed by atoms with E-state index >= 15 is 0 Å². The summed E-state index contributed by atoms with van der Waals surface area (Å²) in [5, 5.41) is 7.90. The first-order valence-corrected chi connectivity index (χ1v) is 9.03. The maximum Gasteiger partial charge on any atom is 0.317 e. The highest BCUT2D eigenvalue weighted by molar-refractivity contribution is 7.10. The lowest BCUT2D eigenvalue weighted by molar-refractivity contribution is -0.122. The standard InChI is InChI=1S/C16H26N4O2S/c1-3-5-17-15(21)12-19-6-8-20(9-7-19)16(22)18-11-14-13(2)4-10-23-14/h4,10H,3,5-9,11-12H2,1-2H3,(H,17,21)(H,18,22). The third-order valence-corrected chi connectivity index (χ3v) is 4.99. The second-order valence-corrected chi connectivity index (χ2v) is 6.80. The largest absolute Gasteiger partial charge is 0.355 e. The fraction of sp³-hybridized carbons (Fsp3) is 0.625. The lowest BCUT2D eigenvalue weighted by atomic mass is 10.3. The van der Waals surface area contributed by atoms with Crippen molar-refractivity contribution in [2.45, 2.75) is 26.8 Å². The van der Waals surface area contributed by atoms with E-state index in [1.165, 1.54) is 10.4 Å². The van der Waals surface area contributed by atoms with Gasteiger partial charge >= 0.3 is 6.03 Å². The predicted octanol–water partition coefficient (Wildman–Crippen LogP) is 1.41. The number of carbonyl (C=O) groups excluding carboxylic acids is 2. The molecule has 1 aromatic rings. The molecule has 7 heteroatoms. The van der Waals surface area contributed by atoms with Crippen LogP contribution in [0.4, 0.5) is 4.79 Å². The first kappa shape index (κ1) is 17.7. The summed E-state index contributed by atoms with van der Waals surface area (Å²) in [7, 11) is 0. The molecule has 0 bridgehead atoms. The van der Waals surface area contributed by atoms with Crippen molar-refractivity contribution in [3.63, 3.8) is 0 Å². The number of hydrogen-bond donors (Lipinski definition) is 2. The highest BCUT2D eigenvalue weighted by Crippen LogP contribution is 2.15. The van der Waals surface area contributed by atoms with Crippen LogP contribution in [0, 0.1) is 6.92 Å². The van der Waals surface area contributed by atoms with Gasteiger partial charge in [-0.25, -0.2) is 4.79 Å². The number of amides is 3. The molecule has 1 saturated heterocycles. The van der Waals surface area contributed by atoms with E-state index < -0.39 is 0 Å². The van der Waals surface area contributed by atoms with E-state index in [4.69, 9.17) is 0 Å². The van der Waals surface area contributed by atoms with Gasteiger partial charge in [-0.3, -0.25) is 9.69 Å². The van der Waals surface area contributed by atoms with Gasteiger partial charge in [-0.15, -0.1) is 11.3 Å². The van der Waals surface area contributed by atoms with Crippen LogP contribution in [0.3, 0.4) is 0 Å². The fourth-order valence-electron chi connectivity index (χ4n) is 2.49. The Balaban J connectivity index is 1.68. The quantitative estimate of drug-likeness (QED) is 0.824. The van der Waals surface area contributed by atoms with Gasteiger partial charge in [0.05, 0.1) is 13.1 Å². The number of carbonyl (C=O) groups is 2. The molecule has 128 valence electrons. The van der Waals surface area contributed by atoms with Gasteiger partial charge in [0, 0.05) is 37.6 Å². The van der Waals surface area contributed by atoms with Gasteiger partial charge < -0.3 is 15.5 Å². The van der Waals surface area contributed by atoms with Crippen molar-refractivity contribution in [1.82, 2.24) is 20.4 Å². The molecule has 0 atom stereocenters. The summed E-state index contributed by atoms with van der Waals surface area (Å²) < 4.78 is 0. The number of thiophene rings is 1. The Bertz CT molecular complexity index is 524. The molecular weight excluding hydrogens is 312 g/mol. The van der Waals surface area contributed by atoms with Crippen LogP contribution in [0.15, 0.2) is 11.4 Å². The van der Waals surface area contributed by atoms with Gasteiger partial charge in [0.2, 0.25) is 5.91 Å². The smallest absolute Gasteiger partial charge is 0.317 e. The summed E-state index contributed by atoms with van der Waals surface area (Å²) in [5.41, 5.74) is 1.22. The van der Waals surface area contributed by atoms with Crippen molar-refractivity contribution in [2.75, 3.05) is 39.3 Å². The molecule has 2 heterocycles. The number of piperazine rings is 1. The summed E-state index contributed by atoms with van der Waals surface area (Å²) in [5.74, 6) is 0.0675. The molecule has 0 aromatic carbocycles. The zero-order valence-corrected chi connectivity index (χ0v) is 14.7. The normalized spacial score (nSPS) is 15.5. The number of aryl methyl sites for hydroxylation is 1. The van der Waals surface area contributed by atoms with E-state index in [0.717, 1.165) is 26.1 Å². The molecule has 2 rings (SSSR count). The lowest BCUT2D eigenvalue weighted by Crippen LogP contribution is -2.53. The van der Waals surface area contributed by atoms with Gasteiger partial charge in [0.1, 0.15) is 0 Å². The van der Waals surface area contributed by atoms with Crippen LogP contribution in [0.5, 0.6) is 0 Å². The molecular formula is C16H26N4O2S. The van der Waals surface area contributed by atoms with Crippen LogP contribution >= 0.6 is 11.3 Å². The molecule has 0 radical (unpaired) electrons. The van der Waals surface area contributed by atoms with E-state index in [-0.39, 0.29) is 11.9 Å². The zero-order chi connectivity index (χ0) is 16.7. The van der Waals surface area contributed by atoms with Crippen LogP contribution in [-0.4, -0.2) is 61.0 Å². The summed E-state index contributed by atoms with van der Waals surface area (Å²) in [6.07, 6.45) is 0.948. The molecule has 1 aromatic heterocycles. The minimum atomic E-state index is -0.0205. The third-order valence-electron chi connectivity index (χ3n) is 3.97. The monoisotopic (exact) mass is 338 g/mol. The molecule has 0 spiro atoms. The Kier molecular flexibility index (Phi) is 6.85. The van der Waals surface area contributed by atoms with E-state index in [0.29, 0.717) is 26.2 Å². The van der Waals surface area contributed by atoms with Crippen LogP contribution in [0.25, 0.3) is 0 Å². The summed E-state index contributed by atoms with van der Waals surface area (Å²) in [6.45, 7) is 8.63. The molecule has 0 unspecified atom stereocenters. The second kappa shape index (κ2) is 8.88. The molecule has 0 aliphatic carbocycles. The molecule has 1 aliphatic rings. The van der Waals surface area contributed by atoms with Crippen molar-refractivity contribution in [1.29, 1.82) is 0 Å². The van der Waals surface area contributed by atoms with E-state index in [1.54, 1.807) is 11.3 Å². The minimum absolute atomic E-state index is 0.0205. The van der Waals surface area contributed by atoms with E-state index in [2.05, 4.69) is 28.5 Å². The summed E-state index contributed by atoms with van der Waals surface area (Å²) >= 11 is 1.67. The van der Waals surface area contributed by atoms with Gasteiger partial charge in [-0.05, 0) is 30.4 Å². The Labute approximate surface area is 141 Å². The first-order valence-electron chi connectivity index (χ1n) is 8.15. The number of hydrogen-bond acceptors (Lipinski definition) is 4. The molecule has 1 aliphatic heterocycles. The zero-order valence-electron chi connectivity index (χ0n) is 13.9. The van der Waals surface area contributed by atoms with Crippen LogP contribution in [-0.2, 0) is 11.3 Å². The first-order chi connectivity index (χ1) is 11.1. The highest BCUT2D eigenvalue weighted by Gasteiger charge is 2.22. The van der Waals surface area contributed by atoms with Gasteiger partial charge in [0.15, 0.2) is 0 Å². The van der Waals surface area contributed by atoms with Crippen LogP contribution in [0.1, 0.15) is 23.8 Å². The predicted molar refractivity (Wildman–Crippen MR) is 92.6 cm³/mol. The van der Waals surface area contributed by atoms with Gasteiger partial charge in [-0.1, -0.05) is 6.92 Å². The molecule has 23 heavy (non-hydrogen) atoms. The maximum absolute atomic E-state index is 12.2. The van der Waals surface area contributed by atoms with Crippen LogP contribution < -0.4 is 10.6 Å². The molecule has 6 nitrogen and oxygen atoms in total. The topological polar surface area (TPSA) is 64.7 Å². The van der Waals surface area contributed by atoms with Gasteiger partial charge in [0.25, 0.3) is 0 Å². The number of rotatable bonds is 6.